The van der Waals surface area contributed by atoms with Crippen molar-refractivity contribution < 1.29 is 43.1 Å². The van der Waals surface area contributed by atoms with Gasteiger partial charge in [-0.1, -0.05) is 131 Å². The first-order chi connectivity index (χ1) is 47.3. The Bertz CT molecular complexity index is 5070. The second kappa shape index (κ2) is 26.4. The molecule has 0 heterocycles. The van der Waals surface area contributed by atoms with Crippen LogP contribution in [0.25, 0.3) is 11.1 Å². The average Bonchev–Trinajstić information content (AvgIpc) is 1.56. The summed E-state index contributed by atoms with van der Waals surface area (Å²) in [4.78, 5) is 5.66. The maximum absolute atomic E-state index is 14.5. The lowest BCUT2D eigenvalue weighted by Crippen LogP contribution is -2.29. The van der Waals surface area contributed by atoms with E-state index in [0.717, 1.165) is 85.0 Å². The van der Waals surface area contributed by atoms with Gasteiger partial charge in [0, 0.05) is 12.1 Å². The van der Waals surface area contributed by atoms with E-state index < -0.39 is 66.6 Å². The van der Waals surface area contributed by atoms with Crippen molar-refractivity contribution in [3.05, 3.63) is 322 Å². The molecule has 0 aromatic heterocycles. The lowest BCUT2D eigenvalue weighted by atomic mass is 9.67. The summed E-state index contributed by atoms with van der Waals surface area (Å²) in [7, 11) is -14.9. The van der Waals surface area contributed by atoms with Gasteiger partial charge < -0.3 is 9.47 Å². The van der Waals surface area contributed by atoms with Crippen LogP contribution in [0.15, 0.2) is 323 Å². The molecule has 498 valence electrons. The van der Waals surface area contributed by atoms with Gasteiger partial charge in [0.1, 0.15) is 21.8 Å². The highest BCUT2D eigenvalue weighted by atomic mass is 32.2. The van der Waals surface area contributed by atoms with E-state index >= 15 is 0 Å². The Morgan fingerprint density at radius 3 is 0.778 bits per heavy atom. The molecule has 99 heavy (non-hydrogen) atoms. The minimum absolute atomic E-state index is 0.112. The molecule has 0 saturated heterocycles. The summed E-state index contributed by atoms with van der Waals surface area (Å²) in [5.41, 5.74) is 10.8. The maximum Gasteiger partial charge on any atom is 0.208 e. The number of hydrogen-bond acceptors (Lipinski definition) is 10. The summed E-state index contributed by atoms with van der Waals surface area (Å²) in [5.74, 6) is 1.05. The van der Waals surface area contributed by atoms with Crippen LogP contribution in [0.3, 0.4) is 0 Å². The summed E-state index contributed by atoms with van der Waals surface area (Å²) in [6.07, 6.45) is 0. The topological polar surface area (TPSA) is 155 Å². The lowest BCUT2D eigenvalue weighted by molar-refractivity contribution is 0.403. The van der Waals surface area contributed by atoms with Crippen LogP contribution in [0.1, 0.15) is 66.8 Å². The molecular formula is C83H72O10S6+2. The fourth-order valence-corrected chi connectivity index (χ4v) is 24.2. The Balaban J connectivity index is 1.03. The number of ether oxygens (including phenoxy) is 2. The quantitative estimate of drug-likeness (QED) is 0.0758. The van der Waals surface area contributed by atoms with Gasteiger partial charge in [0.05, 0.1) is 58.8 Å². The molecule has 12 aromatic carbocycles. The maximum atomic E-state index is 14.5. The first-order valence-corrected chi connectivity index (χ1v) is 40.4. The molecule has 0 saturated carbocycles. The first-order valence-electron chi connectivity index (χ1n) is 32.0. The Kier molecular flexibility index (Phi) is 18.2. The number of methoxy groups -OCH3 is 2. The number of fused-ring (bicyclic) bond motifs is 3. The van der Waals surface area contributed by atoms with E-state index in [1.807, 2.05) is 137 Å². The Morgan fingerprint density at radius 1 is 0.283 bits per heavy atom. The summed E-state index contributed by atoms with van der Waals surface area (Å²) < 4.78 is 129. The second-order valence-corrected chi connectivity index (χ2v) is 36.8. The van der Waals surface area contributed by atoms with Crippen molar-refractivity contribution in [3.63, 3.8) is 0 Å². The largest absolute Gasteiger partial charge is 0.491 e. The summed E-state index contributed by atoms with van der Waals surface area (Å²) in [6, 6.07) is 77.9. The zero-order valence-electron chi connectivity index (χ0n) is 56.3. The molecule has 0 aliphatic heterocycles. The van der Waals surface area contributed by atoms with Gasteiger partial charge in [-0.2, -0.15) is 0 Å². The van der Waals surface area contributed by atoms with Crippen molar-refractivity contribution in [3.8, 4) is 22.6 Å². The van der Waals surface area contributed by atoms with Crippen molar-refractivity contribution in [2.24, 2.45) is 0 Å². The van der Waals surface area contributed by atoms with Gasteiger partial charge in [0.2, 0.25) is 49.1 Å². The van der Waals surface area contributed by atoms with Gasteiger partial charge in [0.15, 0.2) is 31.1 Å². The minimum atomic E-state index is -3.98. The van der Waals surface area contributed by atoms with Crippen LogP contribution in [0.2, 0.25) is 0 Å². The van der Waals surface area contributed by atoms with Crippen LogP contribution >= 0.6 is 0 Å². The number of sulfone groups is 4. The van der Waals surface area contributed by atoms with Gasteiger partial charge in [-0.05, 0) is 244 Å². The molecule has 12 aromatic rings. The second-order valence-electron chi connectivity index (χ2n) is 25.2. The highest BCUT2D eigenvalue weighted by Gasteiger charge is 2.49. The Morgan fingerprint density at radius 2 is 0.535 bits per heavy atom. The molecule has 0 radical (unpaired) electrons. The predicted octanol–water partition coefficient (Wildman–Crippen LogP) is 18.1. The number of benzene rings is 12. The standard InChI is InChI=1S/C83H72O10S6/c1-53-19-43-79(57(5)47-53)96(84,85)67-33-25-63(26-34-67)94(64-27-35-68(36-28-64)97(86,87)80-44-20-54(2)48-58(80)6)77-51-61(23-41-75(77)92-9)83(73-17-13-11-15-71(73)72-16-12-14-18-74(72)83)62-24-42-76(93-10)78(52-62)95(65-29-37-69(38-30-65)98(88,89)81-45-21-55(3)49-59(81)7)66-31-39-70(40-32-66)99(90,91)82-46-22-56(4)50-60(82)8/h11-52H,1-10H3/q+2. The summed E-state index contributed by atoms with van der Waals surface area (Å²) >= 11 is 0. The van der Waals surface area contributed by atoms with E-state index in [4.69, 9.17) is 9.47 Å². The minimum Gasteiger partial charge on any atom is -0.491 e. The molecule has 0 bridgehead atoms. The van der Waals surface area contributed by atoms with Gasteiger partial charge in [-0.15, -0.1) is 0 Å². The van der Waals surface area contributed by atoms with Gasteiger partial charge >= 0.3 is 0 Å². The van der Waals surface area contributed by atoms with Crippen LogP contribution in [-0.4, -0.2) is 47.9 Å². The molecule has 10 nitrogen and oxygen atoms in total. The van der Waals surface area contributed by atoms with Crippen LogP contribution in [0.4, 0.5) is 0 Å². The van der Waals surface area contributed by atoms with Crippen LogP contribution in [-0.2, 0) is 66.6 Å². The molecule has 0 N–H and O–H groups in total. The van der Waals surface area contributed by atoms with E-state index in [0.29, 0.717) is 33.8 Å². The van der Waals surface area contributed by atoms with Crippen molar-refractivity contribution in [1.82, 2.24) is 0 Å². The molecule has 0 unspecified atom stereocenters. The molecular weight excluding hydrogens is 1350 g/mol. The third kappa shape index (κ3) is 12.1. The van der Waals surface area contributed by atoms with Crippen LogP contribution in [0.5, 0.6) is 11.5 Å². The zero-order valence-corrected chi connectivity index (χ0v) is 61.2. The highest BCUT2D eigenvalue weighted by molar-refractivity contribution is 7.97. The molecule has 0 amide bonds. The molecule has 13 rings (SSSR count). The average molecular weight is 1420 g/mol. The molecule has 16 heteroatoms. The SMILES string of the molecule is COc1ccc(C2(c3ccc(OC)c([S+](c4ccc(S(=O)(=O)c5ccc(C)cc5C)cc4)c4ccc(S(=O)(=O)c5ccc(C)cc5C)cc4)c3)c3ccccc3-c3ccccc32)cc1[S+](c1ccc(S(=O)(=O)c2ccc(C)cc2C)cc1)c1ccc(S(=O)(=O)c2ccc(C)cc2C)cc1. The fraction of sp³-hybridized carbons (Fsp3) is 0.133. The van der Waals surface area contributed by atoms with E-state index in [9.17, 15) is 33.7 Å². The van der Waals surface area contributed by atoms with Gasteiger partial charge in [0.25, 0.3) is 0 Å². The highest BCUT2D eigenvalue weighted by Crippen LogP contribution is 2.58. The van der Waals surface area contributed by atoms with E-state index in [1.165, 1.54) is 0 Å². The van der Waals surface area contributed by atoms with Crippen LogP contribution < -0.4 is 9.47 Å². The van der Waals surface area contributed by atoms with Gasteiger partial charge in [-0.3, -0.25) is 0 Å². The molecule has 0 fully saturated rings. The molecule has 1 aliphatic carbocycles. The molecule has 0 atom stereocenters. The van der Waals surface area contributed by atoms with Crippen molar-refractivity contribution >= 4 is 61.1 Å². The zero-order chi connectivity index (χ0) is 70.1. The van der Waals surface area contributed by atoms with Crippen molar-refractivity contribution in [2.45, 2.75) is 129 Å². The first kappa shape index (κ1) is 68.3. The third-order valence-corrected chi connectivity index (χ3v) is 30.8. The lowest BCUT2D eigenvalue weighted by Gasteiger charge is -2.34. The molecule has 1 aliphatic rings. The van der Waals surface area contributed by atoms with E-state index in [-0.39, 0.29) is 39.2 Å². The number of hydrogen-bond donors (Lipinski definition) is 0. The van der Waals surface area contributed by atoms with Crippen molar-refractivity contribution in [1.29, 1.82) is 0 Å². The predicted molar refractivity (Wildman–Crippen MR) is 392 cm³/mol. The van der Waals surface area contributed by atoms with Gasteiger partial charge in [-0.25, -0.2) is 33.7 Å². The summed E-state index contributed by atoms with van der Waals surface area (Å²) in [6.45, 7) is 14.9. The monoisotopic (exact) mass is 1420 g/mol. The van der Waals surface area contributed by atoms with Crippen molar-refractivity contribution in [2.75, 3.05) is 14.2 Å². The smallest absolute Gasteiger partial charge is 0.208 e. The summed E-state index contributed by atoms with van der Waals surface area (Å²) in [5, 5.41) is 0. The van der Waals surface area contributed by atoms with Crippen LogP contribution in [0, 0.1) is 55.4 Å². The van der Waals surface area contributed by atoms with E-state index in [1.54, 1.807) is 139 Å². The molecule has 0 spiro atoms. The normalized spacial score (nSPS) is 12.9. The third-order valence-electron chi connectivity index (χ3n) is 18.5. The Labute approximate surface area is 587 Å². The van der Waals surface area contributed by atoms with E-state index in [2.05, 4.69) is 48.5 Å². The fourth-order valence-electron chi connectivity index (χ4n) is 13.9. The Hall–Kier alpha value is -9.26. The number of rotatable bonds is 18. The number of aryl methyl sites for hydroxylation is 8.